The molecule has 0 spiro atoms. The van der Waals surface area contributed by atoms with Gasteiger partial charge in [-0.1, -0.05) is 15.9 Å². The van der Waals surface area contributed by atoms with Crippen LogP contribution < -0.4 is 10.5 Å². The summed E-state index contributed by atoms with van der Waals surface area (Å²) in [5, 5.41) is 4.25. The topological polar surface area (TPSA) is 53.1 Å². The lowest BCUT2D eigenvalue weighted by Crippen LogP contribution is -2.10. The van der Waals surface area contributed by atoms with Gasteiger partial charge in [0.1, 0.15) is 5.75 Å². The Morgan fingerprint density at radius 3 is 2.94 bits per heavy atom. The van der Waals surface area contributed by atoms with Crippen molar-refractivity contribution < 1.29 is 4.74 Å². The Morgan fingerprint density at radius 1 is 1.41 bits per heavy atom. The van der Waals surface area contributed by atoms with Gasteiger partial charge in [-0.25, -0.2) is 0 Å². The Kier molecular flexibility index (Phi) is 3.81. The third-order valence-electron chi connectivity index (χ3n) is 2.58. The summed E-state index contributed by atoms with van der Waals surface area (Å²) in [4.78, 5) is 0. The van der Waals surface area contributed by atoms with Gasteiger partial charge in [0.25, 0.3) is 0 Å². The molecule has 0 aliphatic heterocycles. The van der Waals surface area contributed by atoms with E-state index >= 15 is 0 Å². The quantitative estimate of drug-likeness (QED) is 0.940. The number of nitrogens with zero attached hydrogens (tertiary/aromatic N) is 2. The Balaban J connectivity index is 2.32. The molecule has 0 atom stereocenters. The molecular weight excluding hydrogens is 282 g/mol. The number of methoxy groups -OCH3 is 1. The van der Waals surface area contributed by atoms with Crippen LogP contribution in [0.1, 0.15) is 11.3 Å². The SMILES string of the molecule is COc1ccc(Br)cc1Cn1nccc1CN. The highest BCUT2D eigenvalue weighted by Crippen LogP contribution is 2.23. The summed E-state index contributed by atoms with van der Waals surface area (Å²) in [5.74, 6) is 0.853. The highest BCUT2D eigenvalue weighted by molar-refractivity contribution is 9.10. The molecule has 5 heteroatoms. The van der Waals surface area contributed by atoms with Crippen molar-refractivity contribution in [2.45, 2.75) is 13.1 Å². The fraction of sp³-hybridized carbons (Fsp3) is 0.250. The van der Waals surface area contributed by atoms with Crippen LogP contribution in [0.3, 0.4) is 0 Å². The second kappa shape index (κ2) is 5.33. The molecule has 0 aliphatic carbocycles. The average molecular weight is 296 g/mol. The number of rotatable bonds is 4. The van der Waals surface area contributed by atoms with Crippen molar-refractivity contribution in [1.82, 2.24) is 9.78 Å². The summed E-state index contributed by atoms with van der Waals surface area (Å²) in [6.07, 6.45) is 1.76. The monoisotopic (exact) mass is 295 g/mol. The minimum atomic E-state index is 0.482. The van der Waals surface area contributed by atoms with Gasteiger partial charge < -0.3 is 10.5 Å². The largest absolute Gasteiger partial charge is 0.496 e. The van der Waals surface area contributed by atoms with Crippen LogP contribution in [0.2, 0.25) is 0 Å². The van der Waals surface area contributed by atoms with Gasteiger partial charge >= 0.3 is 0 Å². The first-order valence-electron chi connectivity index (χ1n) is 5.27. The molecule has 0 saturated heterocycles. The predicted octanol–water partition coefficient (Wildman–Crippen LogP) is 2.16. The average Bonchev–Trinajstić information content (AvgIpc) is 2.77. The number of hydrogen-bond donors (Lipinski definition) is 1. The molecule has 2 rings (SSSR count). The fourth-order valence-corrected chi connectivity index (χ4v) is 2.12. The molecule has 0 unspecified atom stereocenters. The summed E-state index contributed by atoms with van der Waals surface area (Å²) in [6, 6.07) is 7.84. The Labute approximate surface area is 109 Å². The van der Waals surface area contributed by atoms with Gasteiger partial charge in [0, 0.05) is 22.8 Å². The van der Waals surface area contributed by atoms with E-state index in [4.69, 9.17) is 10.5 Å². The molecule has 1 aromatic heterocycles. The van der Waals surface area contributed by atoms with E-state index in [1.54, 1.807) is 13.3 Å². The molecule has 0 amide bonds. The minimum absolute atomic E-state index is 0.482. The maximum Gasteiger partial charge on any atom is 0.124 e. The van der Waals surface area contributed by atoms with Crippen LogP contribution in [-0.4, -0.2) is 16.9 Å². The lowest BCUT2D eigenvalue weighted by molar-refractivity contribution is 0.407. The first-order chi connectivity index (χ1) is 8.24. The standard InChI is InChI=1S/C12H14BrN3O/c1-17-12-3-2-10(13)6-9(12)8-16-11(7-14)4-5-15-16/h2-6H,7-8,14H2,1H3. The van der Waals surface area contributed by atoms with E-state index < -0.39 is 0 Å². The number of hydrogen-bond acceptors (Lipinski definition) is 3. The smallest absolute Gasteiger partial charge is 0.124 e. The van der Waals surface area contributed by atoms with Crippen LogP contribution in [0.15, 0.2) is 34.9 Å². The highest BCUT2D eigenvalue weighted by atomic mass is 79.9. The molecule has 2 N–H and O–H groups in total. The second-order valence-electron chi connectivity index (χ2n) is 3.64. The number of aromatic nitrogens is 2. The minimum Gasteiger partial charge on any atom is -0.496 e. The van der Waals surface area contributed by atoms with Gasteiger partial charge in [0.05, 0.1) is 19.3 Å². The molecule has 0 fully saturated rings. The van der Waals surface area contributed by atoms with Crippen molar-refractivity contribution in [3.63, 3.8) is 0 Å². The first kappa shape index (κ1) is 12.1. The van der Waals surface area contributed by atoms with Crippen LogP contribution in [0.4, 0.5) is 0 Å². The molecule has 90 valence electrons. The van der Waals surface area contributed by atoms with Crippen molar-refractivity contribution >= 4 is 15.9 Å². The summed E-state index contributed by atoms with van der Waals surface area (Å²) in [7, 11) is 1.67. The zero-order valence-electron chi connectivity index (χ0n) is 9.56. The van der Waals surface area contributed by atoms with E-state index in [0.29, 0.717) is 13.1 Å². The third kappa shape index (κ3) is 2.68. The van der Waals surface area contributed by atoms with Gasteiger partial charge in [-0.3, -0.25) is 4.68 Å². The fourth-order valence-electron chi connectivity index (χ4n) is 1.71. The summed E-state index contributed by atoms with van der Waals surface area (Å²) < 4.78 is 8.23. The molecule has 0 saturated carbocycles. The maximum atomic E-state index is 5.65. The molecule has 17 heavy (non-hydrogen) atoms. The van der Waals surface area contributed by atoms with Crippen molar-refractivity contribution in [3.8, 4) is 5.75 Å². The van der Waals surface area contributed by atoms with Crippen molar-refractivity contribution in [3.05, 3.63) is 46.2 Å². The lowest BCUT2D eigenvalue weighted by atomic mass is 10.2. The number of benzene rings is 1. The van der Waals surface area contributed by atoms with Gasteiger partial charge in [0.15, 0.2) is 0 Å². The Morgan fingerprint density at radius 2 is 2.24 bits per heavy atom. The van der Waals surface area contributed by atoms with Crippen molar-refractivity contribution in [1.29, 1.82) is 0 Å². The van der Waals surface area contributed by atoms with Gasteiger partial charge in [-0.2, -0.15) is 5.10 Å². The number of ether oxygens (including phenoxy) is 1. The predicted molar refractivity (Wildman–Crippen MR) is 69.9 cm³/mol. The Bertz CT molecular complexity index is 510. The zero-order chi connectivity index (χ0) is 12.3. The molecule has 0 radical (unpaired) electrons. The second-order valence-corrected chi connectivity index (χ2v) is 4.56. The lowest BCUT2D eigenvalue weighted by Gasteiger charge is -2.11. The maximum absolute atomic E-state index is 5.65. The van der Waals surface area contributed by atoms with E-state index in [2.05, 4.69) is 21.0 Å². The highest BCUT2D eigenvalue weighted by Gasteiger charge is 2.07. The summed E-state index contributed by atoms with van der Waals surface area (Å²) in [5.41, 5.74) is 7.72. The number of halogens is 1. The molecular formula is C12H14BrN3O. The van der Waals surface area contributed by atoms with Crippen LogP contribution in [-0.2, 0) is 13.1 Å². The first-order valence-corrected chi connectivity index (χ1v) is 6.07. The Hall–Kier alpha value is -1.33. The third-order valence-corrected chi connectivity index (χ3v) is 3.07. The van der Waals surface area contributed by atoms with E-state index in [1.165, 1.54) is 0 Å². The molecule has 1 heterocycles. The van der Waals surface area contributed by atoms with E-state index in [9.17, 15) is 0 Å². The molecule has 0 bridgehead atoms. The van der Waals surface area contributed by atoms with Crippen LogP contribution in [0.25, 0.3) is 0 Å². The molecule has 2 aromatic rings. The molecule has 4 nitrogen and oxygen atoms in total. The van der Waals surface area contributed by atoms with Crippen molar-refractivity contribution in [2.75, 3.05) is 7.11 Å². The van der Waals surface area contributed by atoms with Crippen molar-refractivity contribution in [2.24, 2.45) is 5.73 Å². The van der Waals surface area contributed by atoms with Gasteiger partial charge in [-0.05, 0) is 24.3 Å². The molecule has 0 aliphatic rings. The van der Waals surface area contributed by atoms with Gasteiger partial charge in [-0.15, -0.1) is 0 Å². The number of nitrogens with two attached hydrogens (primary N) is 1. The van der Waals surface area contributed by atoms with E-state index in [0.717, 1.165) is 21.5 Å². The van der Waals surface area contributed by atoms with Gasteiger partial charge in [0.2, 0.25) is 0 Å². The van der Waals surface area contributed by atoms with E-state index in [-0.39, 0.29) is 0 Å². The van der Waals surface area contributed by atoms with E-state index in [1.807, 2.05) is 28.9 Å². The van der Waals surface area contributed by atoms with Crippen LogP contribution in [0.5, 0.6) is 5.75 Å². The summed E-state index contributed by atoms with van der Waals surface area (Å²) >= 11 is 3.46. The van der Waals surface area contributed by atoms with Crippen LogP contribution in [0, 0.1) is 0 Å². The van der Waals surface area contributed by atoms with Crippen LogP contribution >= 0.6 is 15.9 Å². The summed E-state index contributed by atoms with van der Waals surface area (Å²) in [6.45, 7) is 1.14. The molecule has 1 aromatic carbocycles. The zero-order valence-corrected chi connectivity index (χ0v) is 11.1. The normalized spacial score (nSPS) is 10.5.